The van der Waals surface area contributed by atoms with Crippen LogP contribution < -0.4 is 14.9 Å². The van der Waals surface area contributed by atoms with E-state index in [1.54, 1.807) is 11.5 Å². The number of piperidine rings is 1. The summed E-state index contributed by atoms with van der Waals surface area (Å²) in [5.74, 6) is -0.387. The first-order valence-electron chi connectivity index (χ1n) is 13.8. The van der Waals surface area contributed by atoms with E-state index in [1.807, 2.05) is 63.5 Å². The van der Waals surface area contributed by atoms with Gasteiger partial charge in [0, 0.05) is 39.6 Å². The third kappa shape index (κ3) is 4.78. The monoisotopic (exact) mass is 588 g/mol. The van der Waals surface area contributed by atoms with Gasteiger partial charge in [-0.2, -0.15) is 0 Å². The molecule has 0 radical (unpaired) electrons. The summed E-state index contributed by atoms with van der Waals surface area (Å²) in [4.78, 5) is 48.3. The smallest absolute Gasteiger partial charge is 0.338 e. The highest BCUT2D eigenvalue weighted by atomic mass is 32.1. The van der Waals surface area contributed by atoms with Crippen LogP contribution in [0.3, 0.4) is 0 Å². The van der Waals surface area contributed by atoms with E-state index in [0.717, 1.165) is 40.6 Å². The fraction of sp³-hybridized carbons (Fsp3) is 0.355. The first-order valence-corrected chi connectivity index (χ1v) is 15.5. The van der Waals surface area contributed by atoms with E-state index in [0.29, 0.717) is 20.6 Å². The molecule has 6 rings (SSSR count). The van der Waals surface area contributed by atoms with Crippen molar-refractivity contribution in [2.75, 3.05) is 7.11 Å². The lowest BCUT2D eigenvalue weighted by Crippen LogP contribution is -2.48. The SMILES string of the molecule is COC(=O)C1=C(C)N=c2sc(=Cc3cn(CC(=O)N4C(C)CCCC4C)c4ccccc34)c(=O)n2C1c1cccs1. The summed E-state index contributed by atoms with van der Waals surface area (Å²) in [6.07, 6.45) is 7.04. The molecule has 3 unspecified atom stereocenters. The quantitative estimate of drug-likeness (QED) is 0.327. The molecule has 0 saturated carbocycles. The summed E-state index contributed by atoms with van der Waals surface area (Å²) in [7, 11) is 1.34. The third-order valence-electron chi connectivity index (χ3n) is 8.13. The summed E-state index contributed by atoms with van der Waals surface area (Å²) < 4.78 is 9.18. The number of rotatable bonds is 5. The molecule has 0 spiro atoms. The number of esters is 1. The Morgan fingerprint density at radius 1 is 1.12 bits per heavy atom. The number of aromatic nitrogens is 2. The van der Waals surface area contributed by atoms with E-state index >= 15 is 0 Å². The van der Waals surface area contributed by atoms with Gasteiger partial charge < -0.3 is 14.2 Å². The normalized spacial score (nSPS) is 21.2. The van der Waals surface area contributed by atoms with Crippen molar-refractivity contribution in [1.82, 2.24) is 14.0 Å². The Balaban J connectivity index is 1.45. The lowest BCUT2D eigenvalue weighted by molar-refractivity contribution is -0.138. The molecule has 212 valence electrons. The second-order valence-corrected chi connectivity index (χ2v) is 12.7. The molecule has 41 heavy (non-hydrogen) atoms. The van der Waals surface area contributed by atoms with Gasteiger partial charge in [0.05, 0.1) is 22.9 Å². The molecule has 1 amide bonds. The molecule has 0 N–H and O–H groups in total. The molecule has 3 aromatic heterocycles. The van der Waals surface area contributed by atoms with Gasteiger partial charge >= 0.3 is 5.97 Å². The Kier molecular flexibility index (Phi) is 7.29. The highest BCUT2D eigenvalue weighted by Gasteiger charge is 2.34. The molecule has 0 aliphatic carbocycles. The topological polar surface area (TPSA) is 85.9 Å². The molecule has 1 fully saturated rings. The lowest BCUT2D eigenvalue weighted by Gasteiger charge is -2.39. The number of carbonyl (C=O) groups is 2. The highest BCUT2D eigenvalue weighted by Crippen LogP contribution is 2.33. The van der Waals surface area contributed by atoms with Gasteiger partial charge in [0.2, 0.25) is 5.91 Å². The zero-order valence-electron chi connectivity index (χ0n) is 23.5. The minimum atomic E-state index is -0.603. The molecule has 2 aliphatic rings. The molecule has 3 atom stereocenters. The van der Waals surface area contributed by atoms with Crippen molar-refractivity contribution < 1.29 is 14.3 Å². The Labute approximate surface area is 245 Å². The largest absolute Gasteiger partial charge is 0.466 e. The van der Waals surface area contributed by atoms with Crippen LogP contribution in [0.15, 0.2) is 69.0 Å². The number of methoxy groups -OCH3 is 1. The van der Waals surface area contributed by atoms with Crippen molar-refractivity contribution in [3.05, 3.63) is 89.4 Å². The molecular formula is C31H32N4O4S2. The van der Waals surface area contributed by atoms with E-state index in [4.69, 9.17) is 4.74 Å². The van der Waals surface area contributed by atoms with E-state index in [-0.39, 0.29) is 30.1 Å². The Bertz CT molecular complexity index is 1850. The number of carbonyl (C=O) groups excluding carboxylic acids is 2. The molecule has 8 nitrogen and oxygen atoms in total. The van der Waals surface area contributed by atoms with Crippen LogP contribution >= 0.6 is 22.7 Å². The number of hydrogen-bond acceptors (Lipinski definition) is 7. The van der Waals surface area contributed by atoms with Crippen LogP contribution in [0.5, 0.6) is 0 Å². The molecule has 5 heterocycles. The van der Waals surface area contributed by atoms with Crippen LogP contribution in [0.4, 0.5) is 0 Å². The van der Waals surface area contributed by atoms with Crippen molar-refractivity contribution in [2.45, 2.75) is 64.7 Å². The van der Waals surface area contributed by atoms with Crippen LogP contribution in [0.2, 0.25) is 0 Å². The number of thiazole rings is 1. The van der Waals surface area contributed by atoms with Gasteiger partial charge in [-0.3, -0.25) is 14.2 Å². The van der Waals surface area contributed by atoms with Crippen molar-refractivity contribution >= 4 is 51.5 Å². The number of nitrogens with zero attached hydrogens (tertiary/aromatic N) is 4. The van der Waals surface area contributed by atoms with Gasteiger partial charge in [0.1, 0.15) is 12.6 Å². The maximum Gasteiger partial charge on any atom is 0.338 e. The summed E-state index contributed by atoms with van der Waals surface area (Å²) in [5.41, 5.74) is 2.49. The Morgan fingerprint density at radius 3 is 2.59 bits per heavy atom. The van der Waals surface area contributed by atoms with E-state index in [1.165, 1.54) is 29.8 Å². The Morgan fingerprint density at radius 2 is 1.88 bits per heavy atom. The average molecular weight is 589 g/mol. The number of likely N-dealkylation sites (tertiary alicyclic amines) is 1. The zero-order valence-corrected chi connectivity index (χ0v) is 25.1. The first kappa shape index (κ1) is 27.4. The van der Waals surface area contributed by atoms with Gasteiger partial charge in [0.15, 0.2) is 4.80 Å². The van der Waals surface area contributed by atoms with Crippen molar-refractivity contribution in [3.63, 3.8) is 0 Å². The minimum Gasteiger partial charge on any atom is -0.466 e. The minimum absolute atomic E-state index is 0.109. The molecular weight excluding hydrogens is 556 g/mol. The van der Waals surface area contributed by atoms with E-state index in [9.17, 15) is 14.4 Å². The zero-order chi connectivity index (χ0) is 28.8. The van der Waals surface area contributed by atoms with Gasteiger partial charge in [-0.05, 0) is 63.6 Å². The fourth-order valence-electron chi connectivity index (χ4n) is 6.21. The number of ether oxygens (including phenoxy) is 1. The molecule has 0 bridgehead atoms. The van der Waals surface area contributed by atoms with Crippen LogP contribution in [0.25, 0.3) is 17.0 Å². The van der Waals surface area contributed by atoms with Gasteiger partial charge in [-0.15, -0.1) is 11.3 Å². The fourth-order valence-corrected chi connectivity index (χ4v) is 8.07. The maximum atomic E-state index is 13.9. The number of thiophene rings is 1. The number of fused-ring (bicyclic) bond motifs is 2. The second-order valence-electron chi connectivity index (χ2n) is 10.7. The standard InChI is InChI=1S/C31H32N4O4S2/c1-18-9-7-10-19(2)34(18)26(36)17-33-16-21(22-11-5-6-12-23(22)33)15-25-29(37)35-28(24-13-8-14-40-24)27(30(38)39-4)20(3)32-31(35)41-25/h5-6,8,11-16,18-19,28H,7,9-10,17H2,1-4H3. The number of hydrogen-bond donors (Lipinski definition) is 0. The number of amides is 1. The van der Waals surface area contributed by atoms with Gasteiger partial charge in [0.25, 0.3) is 5.56 Å². The van der Waals surface area contributed by atoms with Crippen LogP contribution in [-0.4, -0.2) is 45.1 Å². The summed E-state index contributed by atoms with van der Waals surface area (Å²) in [6.45, 7) is 6.27. The summed E-state index contributed by atoms with van der Waals surface area (Å²) in [5, 5.41) is 2.89. The molecule has 1 aromatic carbocycles. The highest BCUT2D eigenvalue weighted by molar-refractivity contribution is 7.10. The van der Waals surface area contributed by atoms with Crippen LogP contribution in [0.1, 0.15) is 56.5 Å². The number of para-hydroxylation sites is 1. The lowest BCUT2D eigenvalue weighted by atomic mass is 9.97. The van der Waals surface area contributed by atoms with Crippen LogP contribution in [0, 0.1) is 0 Å². The van der Waals surface area contributed by atoms with Gasteiger partial charge in [-0.25, -0.2) is 9.79 Å². The van der Waals surface area contributed by atoms with E-state index < -0.39 is 12.0 Å². The number of allylic oxidation sites excluding steroid dienone is 1. The predicted octanol–water partition coefficient (Wildman–Crippen LogP) is 4.21. The third-order valence-corrected chi connectivity index (χ3v) is 10.0. The van der Waals surface area contributed by atoms with Crippen molar-refractivity contribution in [2.24, 2.45) is 4.99 Å². The molecule has 2 aliphatic heterocycles. The van der Waals surface area contributed by atoms with Gasteiger partial charge in [-0.1, -0.05) is 35.6 Å². The number of benzene rings is 1. The van der Waals surface area contributed by atoms with Crippen LogP contribution in [-0.2, 0) is 20.9 Å². The average Bonchev–Trinajstić information content (AvgIpc) is 3.67. The summed E-state index contributed by atoms with van der Waals surface area (Å²) >= 11 is 2.78. The second kappa shape index (κ2) is 10.9. The molecule has 1 saturated heterocycles. The van der Waals surface area contributed by atoms with Crippen molar-refractivity contribution in [3.8, 4) is 0 Å². The molecule has 10 heteroatoms. The Hall–Kier alpha value is -3.76. The maximum absolute atomic E-state index is 13.9. The molecule has 4 aromatic rings. The first-order chi connectivity index (χ1) is 19.8. The predicted molar refractivity (Wildman–Crippen MR) is 162 cm³/mol. The van der Waals surface area contributed by atoms with Crippen molar-refractivity contribution in [1.29, 1.82) is 0 Å². The summed E-state index contributed by atoms with van der Waals surface area (Å²) in [6, 6.07) is 11.6. The van der Waals surface area contributed by atoms with E-state index in [2.05, 4.69) is 18.8 Å².